The van der Waals surface area contributed by atoms with E-state index in [-0.39, 0.29) is 23.8 Å². The number of carbonyl (C=O) groups excluding carboxylic acids is 2. The molecule has 1 aliphatic rings. The first-order chi connectivity index (χ1) is 15.9. The summed E-state index contributed by atoms with van der Waals surface area (Å²) in [7, 11) is 0. The lowest BCUT2D eigenvalue weighted by molar-refractivity contribution is -0.121. The second kappa shape index (κ2) is 8.20. The molecule has 0 unspecified atom stereocenters. The minimum atomic E-state index is -0.633. The molecule has 0 atom stereocenters. The maximum atomic E-state index is 13.1. The molecule has 8 nitrogen and oxygen atoms in total. The molecular formula is C25H23N3O5. The summed E-state index contributed by atoms with van der Waals surface area (Å²) >= 11 is 0. The molecule has 4 heterocycles. The lowest BCUT2D eigenvalue weighted by Gasteiger charge is -2.29. The lowest BCUT2D eigenvalue weighted by Crippen LogP contribution is -2.38. The highest BCUT2D eigenvalue weighted by Crippen LogP contribution is 2.31. The minimum absolute atomic E-state index is 0.228. The van der Waals surface area contributed by atoms with Crippen LogP contribution in [-0.4, -0.2) is 35.2 Å². The normalized spacial score (nSPS) is 13.2. The number of fused-ring (bicyclic) bond motifs is 2. The number of hydrogen-bond acceptors (Lipinski definition) is 7. The third-order valence-corrected chi connectivity index (χ3v) is 5.89. The Balaban J connectivity index is 1.42. The zero-order chi connectivity index (χ0) is 23.1. The van der Waals surface area contributed by atoms with Gasteiger partial charge in [0.1, 0.15) is 11.5 Å². The van der Waals surface area contributed by atoms with Crippen molar-refractivity contribution in [3.63, 3.8) is 0 Å². The number of nitrogens with zero attached hydrogens (tertiary/aromatic N) is 3. The standard InChI is InChI=1S/C25H23N3O5/c1-14-11-18(16(3)32-14)20-12-19(23-15(2)27-33-24(23)26-20)25(30)31-13-22(29)28-10-6-8-17-7-4-5-9-21(17)28/h4-5,7,9,11-12H,6,8,10,13H2,1-3H3. The number of furan rings is 1. The second-order valence-corrected chi connectivity index (χ2v) is 8.18. The third kappa shape index (κ3) is 3.77. The Labute approximate surface area is 190 Å². The number of carbonyl (C=O) groups is 2. The largest absolute Gasteiger partial charge is 0.466 e. The molecule has 0 saturated carbocycles. The third-order valence-electron chi connectivity index (χ3n) is 5.89. The maximum absolute atomic E-state index is 13.1. The first-order valence-electron chi connectivity index (χ1n) is 10.8. The van der Waals surface area contributed by atoms with E-state index >= 15 is 0 Å². The Morgan fingerprint density at radius 3 is 2.76 bits per heavy atom. The van der Waals surface area contributed by atoms with Crippen LogP contribution in [0.3, 0.4) is 0 Å². The summed E-state index contributed by atoms with van der Waals surface area (Å²) < 4.78 is 16.4. The van der Waals surface area contributed by atoms with Crippen molar-refractivity contribution < 1.29 is 23.3 Å². The number of hydrogen-bond donors (Lipinski definition) is 0. The highest BCUT2D eigenvalue weighted by Gasteiger charge is 2.25. The molecule has 0 N–H and O–H groups in total. The Kier molecular flexibility index (Phi) is 5.20. The van der Waals surface area contributed by atoms with Gasteiger partial charge < -0.3 is 18.6 Å². The number of esters is 1. The van der Waals surface area contributed by atoms with Crippen molar-refractivity contribution in [3.8, 4) is 11.3 Å². The summed E-state index contributed by atoms with van der Waals surface area (Å²) in [5.74, 6) is 0.513. The van der Waals surface area contributed by atoms with Crippen LogP contribution in [0, 0.1) is 20.8 Å². The van der Waals surface area contributed by atoms with Crippen molar-refractivity contribution >= 4 is 28.7 Å². The van der Waals surface area contributed by atoms with E-state index in [4.69, 9.17) is 13.7 Å². The highest BCUT2D eigenvalue weighted by atomic mass is 16.5. The van der Waals surface area contributed by atoms with Crippen molar-refractivity contribution in [1.29, 1.82) is 0 Å². The van der Waals surface area contributed by atoms with Gasteiger partial charge in [0, 0.05) is 17.8 Å². The van der Waals surface area contributed by atoms with E-state index in [1.165, 1.54) is 0 Å². The van der Waals surface area contributed by atoms with Gasteiger partial charge in [0.15, 0.2) is 6.61 Å². The topological polar surface area (TPSA) is 98.7 Å². The Hall–Kier alpha value is -3.94. The van der Waals surface area contributed by atoms with Gasteiger partial charge in [0.25, 0.3) is 11.6 Å². The predicted octanol–water partition coefficient (Wildman–Crippen LogP) is 4.54. The van der Waals surface area contributed by atoms with Crippen molar-refractivity contribution in [2.24, 2.45) is 0 Å². The van der Waals surface area contributed by atoms with Gasteiger partial charge in [-0.3, -0.25) is 4.79 Å². The molecule has 0 aliphatic carbocycles. The summed E-state index contributed by atoms with van der Waals surface area (Å²) in [6.45, 7) is 5.63. The summed E-state index contributed by atoms with van der Waals surface area (Å²) in [5, 5.41) is 4.42. The predicted molar refractivity (Wildman–Crippen MR) is 121 cm³/mol. The molecule has 1 aliphatic heterocycles. The van der Waals surface area contributed by atoms with Crippen molar-refractivity contribution in [3.05, 3.63) is 64.7 Å². The number of ether oxygens (including phenoxy) is 1. The smallest absolute Gasteiger partial charge is 0.339 e. The number of para-hydroxylation sites is 1. The van der Waals surface area contributed by atoms with Crippen LogP contribution in [0.2, 0.25) is 0 Å². The molecule has 33 heavy (non-hydrogen) atoms. The molecule has 0 saturated heterocycles. The first kappa shape index (κ1) is 20.9. The van der Waals surface area contributed by atoms with Crippen LogP contribution in [0.4, 0.5) is 5.69 Å². The summed E-state index contributed by atoms with van der Waals surface area (Å²) in [6, 6.07) is 11.3. The average molecular weight is 445 g/mol. The van der Waals surface area contributed by atoms with Crippen molar-refractivity contribution in [1.82, 2.24) is 10.1 Å². The number of rotatable bonds is 4. The summed E-state index contributed by atoms with van der Waals surface area (Å²) in [6.07, 6.45) is 1.80. The average Bonchev–Trinajstić information content (AvgIpc) is 3.37. The van der Waals surface area contributed by atoms with E-state index in [0.717, 1.165) is 35.4 Å². The number of aromatic nitrogens is 2. The number of pyridine rings is 1. The van der Waals surface area contributed by atoms with Gasteiger partial charge in [0.05, 0.1) is 22.3 Å². The van der Waals surface area contributed by atoms with Gasteiger partial charge in [-0.15, -0.1) is 0 Å². The van der Waals surface area contributed by atoms with Crippen LogP contribution >= 0.6 is 0 Å². The van der Waals surface area contributed by atoms with E-state index in [0.29, 0.717) is 29.1 Å². The van der Waals surface area contributed by atoms with Crippen LogP contribution in [0.1, 0.15) is 39.6 Å². The van der Waals surface area contributed by atoms with E-state index < -0.39 is 5.97 Å². The molecule has 1 amide bonds. The Morgan fingerprint density at radius 1 is 1.15 bits per heavy atom. The van der Waals surface area contributed by atoms with Crippen LogP contribution < -0.4 is 4.90 Å². The molecular weight excluding hydrogens is 422 g/mol. The van der Waals surface area contributed by atoms with E-state index in [1.807, 2.05) is 44.2 Å². The minimum Gasteiger partial charge on any atom is -0.466 e. The van der Waals surface area contributed by atoms with Gasteiger partial charge in [-0.2, -0.15) is 0 Å². The maximum Gasteiger partial charge on any atom is 0.339 e. The fourth-order valence-corrected chi connectivity index (χ4v) is 4.35. The van der Waals surface area contributed by atoms with E-state index in [2.05, 4.69) is 10.1 Å². The molecule has 8 heteroatoms. The monoisotopic (exact) mass is 445 g/mol. The summed E-state index contributed by atoms with van der Waals surface area (Å²) in [5.41, 5.74) is 4.25. The van der Waals surface area contributed by atoms with Gasteiger partial charge in [0.2, 0.25) is 0 Å². The molecule has 5 rings (SSSR count). The second-order valence-electron chi connectivity index (χ2n) is 8.18. The number of aryl methyl sites for hydroxylation is 4. The molecule has 0 fully saturated rings. The van der Waals surface area contributed by atoms with Gasteiger partial charge >= 0.3 is 5.97 Å². The quantitative estimate of drug-likeness (QED) is 0.425. The van der Waals surface area contributed by atoms with Gasteiger partial charge in [-0.25, -0.2) is 9.78 Å². The Morgan fingerprint density at radius 2 is 1.97 bits per heavy atom. The van der Waals surface area contributed by atoms with Crippen molar-refractivity contribution in [2.75, 3.05) is 18.1 Å². The van der Waals surface area contributed by atoms with Gasteiger partial charge in [-0.1, -0.05) is 23.4 Å². The number of amides is 1. The number of anilines is 1. The Bertz CT molecular complexity index is 1380. The van der Waals surface area contributed by atoms with Crippen LogP contribution in [0.15, 0.2) is 45.3 Å². The molecule has 0 bridgehead atoms. The molecule has 1 aromatic carbocycles. The lowest BCUT2D eigenvalue weighted by atomic mass is 10.0. The first-order valence-corrected chi connectivity index (χ1v) is 10.8. The zero-order valence-electron chi connectivity index (χ0n) is 18.7. The zero-order valence-corrected chi connectivity index (χ0v) is 18.7. The molecule has 168 valence electrons. The highest BCUT2D eigenvalue weighted by molar-refractivity contribution is 6.05. The summed E-state index contributed by atoms with van der Waals surface area (Å²) in [4.78, 5) is 32.2. The van der Waals surface area contributed by atoms with Crippen LogP contribution in [0.5, 0.6) is 0 Å². The van der Waals surface area contributed by atoms with E-state index in [9.17, 15) is 9.59 Å². The fourth-order valence-electron chi connectivity index (χ4n) is 4.35. The van der Waals surface area contributed by atoms with Crippen molar-refractivity contribution in [2.45, 2.75) is 33.6 Å². The molecule has 0 radical (unpaired) electrons. The molecule has 3 aromatic heterocycles. The fraction of sp³-hybridized carbons (Fsp3) is 0.280. The molecule has 0 spiro atoms. The molecule has 4 aromatic rings. The SMILES string of the molecule is Cc1cc(-c2cc(C(=O)OCC(=O)N3CCCc4ccccc43)c3c(C)noc3n2)c(C)o1. The van der Waals surface area contributed by atoms with Crippen LogP contribution in [0.25, 0.3) is 22.4 Å². The number of benzene rings is 1. The van der Waals surface area contributed by atoms with Gasteiger partial charge in [-0.05, 0) is 57.4 Å². The van der Waals surface area contributed by atoms with E-state index in [1.54, 1.807) is 17.9 Å². The van der Waals surface area contributed by atoms with Crippen LogP contribution in [-0.2, 0) is 16.0 Å².